The summed E-state index contributed by atoms with van der Waals surface area (Å²) in [5.74, 6) is 1.89. The van der Waals surface area contributed by atoms with Crippen molar-refractivity contribution in [3.05, 3.63) is 29.8 Å². The van der Waals surface area contributed by atoms with Crippen molar-refractivity contribution in [2.75, 3.05) is 33.3 Å². The number of unbranched alkanes of at least 4 members (excludes halogenated alkanes) is 1. The first kappa shape index (κ1) is 18.9. The van der Waals surface area contributed by atoms with Gasteiger partial charge in [0.15, 0.2) is 5.78 Å². The van der Waals surface area contributed by atoms with E-state index in [1.807, 2.05) is 31.2 Å². The van der Waals surface area contributed by atoms with Crippen molar-refractivity contribution in [1.82, 2.24) is 9.80 Å². The summed E-state index contributed by atoms with van der Waals surface area (Å²) in [7, 11) is 2.17. The maximum absolute atomic E-state index is 12.4. The van der Waals surface area contributed by atoms with Crippen LogP contribution in [0.1, 0.15) is 49.4 Å². The first-order valence-corrected chi connectivity index (χ1v) is 9.82. The molecule has 2 aliphatic heterocycles. The first-order chi connectivity index (χ1) is 12.6. The van der Waals surface area contributed by atoms with E-state index in [1.165, 1.54) is 13.0 Å². The molecule has 0 radical (unpaired) electrons. The second kappa shape index (κ2) is 8.67. The van der Waals surface area contributed by atoms with Crippen molar-refractivity contribution in [2.24, 2.45) is 5.92 Å². The van der Waals surface area contributed by atoms with Gasteiger partial charge in [0.1, 0.15) is 5.75 Å². The van der Waals surface area contributed by atoms with E-state index in [0.29, 0.717) is 31.4 Å². The number of amides is 1. The number of fused-ring (bicyclic) bond motifs is 1. The fraction of sp³-hybridized carbons (Fsp3) is 0.619. The third-order valence-electron chi connectivity index (χ3n) is 5.73. The monoisotopic (exact) mass is 358 g/mol. The average molecular weight is 358 g/mol. The fourth-order valence-electron chi connectivity index (χ4n) is 4.04. The van der Waals surface area contributed by atoms with Crippen LogP contribution in [0.5, 0.6) is 5.75 Å². The SMILES string of the molecule is CCC(=O)c1ccc(OCCCCC(=O)N2C[C@@H]3CCN(C)[C@@H]3C2)cc1. The molecule has 1 aromatic rings. The maximum Gasteiger partial charge on any atom is 0.222 e. The van der Waals surface area contributed by atoms with Gasteiger partial charge in [0.2, 0.25) is 5.91 Å². The Morgan fingerprint density at radius 3 is 2.62 bits per heavy atom. The number of likely N-dealkylation sites (tertiary alicyclic amines) is 2. The zero-order valence-corrected chi connectivity index (χ0v) is 15.9. The number of ketones is 1. The largest absolute Gasteiger partial charge is 0.494 e. The van der Waals surface area contributed by atoms with Crippen LogP contribution in [0.25, 0.3) is 0 Å². The Bertz CT molecular complexity index is 629. The standard InChI is InChI=1S/C21H30N2O3/c1-3-20(24)16-7-9-18(10-8-16)26-13-5-4-6-21(25)23-14-17-11-12-22(2)19(17)15-23/h7-10,17,19H,3-6,11-15H2,1-2H3/t17-,19+/m0/s1. The molecule has 0 bridgehead atoms. The molecular weight excluding hydrogens is 328 g/mol. The number of hydrogen-bond acceptors (Lipinski definition) is 4. The lowest BCUT2D eigenvalue weighted by molar-refractivity contribution is -0.130. The summed E-state index contributed by atoms with van der Waals surface area (Å²) in [6.45, 7) is 5.47. The number of likely N-dealkylation sites (N-methyl/N-ethyl adjacent to an activating group) is 1. The summed E-state index contributed by atoms with van der Waals surface area (Å²) < 4.78 is 5.71. The molecule has 2 saturated heterocycles. The molecule has 0 saturated carbocycles. The number of ether oxygens (including phenoxy) is 1. The van der Waals surface area contributed by atoms with E-state index >= 15 is 0 Å². The lowest BCUT2D eigenvalue weighted by Crippen LogP contribution is -2.34. The van der Waals surface area contributed by atoms with Crippen molar-refractivity contribution in [3.63, 3.8) is 0 Å². The molecule has 3 rings (SSSR count). The molecule has 2 atom stereocenters. The molecule has 0 N–H and O–H groups in total. The third-order valence-corrected chi connectivity index (χ3v) is 5.73. The molecule has 1 amide bonds. The van der Waals surface area contributed by atoms with Gasteiger partial charge >= 0.3 is 0 Å². The number of benzene rings is 1. The van der Waals surface area contributed by atoms with Crippen LogP contribution in [-0.4, -0.2) is 60.8 Å². The predicted molar refractivity (Wildman–Crippen MR) is 102 cm³/mol. The van der Waals surface area contributed by atoms with Crippen LogP contribution in [0.2, 0.25) is 0 Å². The van der Waals surface area contributed by atoms with Gasteiger partial charge in [0, 0.05) is 37.5 Å². The highest BCUT2D eigenvalue weighted by Crippen LogP contribution is 2.30. The number of nitrogens with zero attached hydrogens (tertiary/aromatic N) is 2. The molecule has 2 aliphatic rings. The minimum absolute atomic E-state index is 0.146. The lowest BCUT2D eigenvalue weighted by atomic mass is 10.1. The Morgan fingerprint density at radius 2 is 1.92 bits per heavy atom. The Kier molecular flexibility index (Phi) is 6.30. The molecule has 1 aromatic carbocycles. The minimum atomic E-state index is 0.146. The first-order valence-electron chi connectivity index (χ1n) is 9.82. The Morgan fingerprint density at radius 1 is 1.15 bits per heavy atom. The van der Waals surface area contributed by atoms with Crippen LogP contribution in [0, 0.1) is 5.92 Å². The maximum atomic E-state index is 12.4. The summed E-state index contributed by atoms with van der Waals surface area (Å²) in [4.78, 5) is 28.4. The topological polar surface area (TPSA) is 49.9 Å². The smallest absolute Gasteiger partial charge is 0.222 e. The van der Waals surface area contributed by atoms with Crippen LogP contribution in [0.3, 0.4) is 0 Å². The van der Waals surface area contributed by atoms with E-state index in [-0.39, 0.29) is 11.7 Å². The van der Waals surface area contributed by atoms with Gasteiger partial charge in [0.25, 0.3) is 0 Å². The van der Waals surface area contributed by atoms with E-state index in [1.54, 1.807) is 0 Å². The second-order valence-corrected chi connectivity index (χ2v) is 7.50. The molecule has 2 fully saturated rings. The van der Waals surface area contributed by atoms with E-state index in [0.717, 1.165) is 37.2 Å². The molecule has 2 heterocycles. The summed E-state index contributed by atoms with van der Waals surface area (Å²) in [6, 6.07) is 7.88. The molecule has 5 heteroatoms. The van der Waals surface area contributed by atoms with Gasteiger partial charge in [-0.2, -0.15) is 0 Å². The second-order valence-electron chi connectivity index (χ2n) is 7.50. The van der Waals surface area contributed by atoms with Gasteiger partial charge in [-0.05, 0) is 63.0 Å². The summed E-state index contributed by atoms with van der Waals surface area (Å²) in [6.07, 6.45) is 4.07. The molecule has 142 valence electrons. The number of Topliss-reactive ketones (excluding diaryl/α,β-unsaturated/α-hetero) is 1. The highest BCUT2D eigenvalue weighted by atomic mass is 16.5. The van der Waals surface area contributed by atoms with E-state index in [4.69, 9.17) is 4.74 Å². The minimum Gasteiger partial charge on any atom is -0.494 e. The van der Waals surface area contributed by atoms with Gasteiger partial charge in [0.05, 0.1) is 6.61 Å². The van der Waals surface area contributed by atoms with Crippen LogP contribution in [-0.2, 0) is 4.79 Å². The Balaban J connectivity index is 1.32. The van der Waals surface area contributed by atoms with Crippen LogP contribution >= 0.6 is 0 Å². The number of carbonyl (C=O) groups excluding carboxylic acids is 2. The van der Waals surface area contributed by atoms with Crippen molar-refractivity contribution >= 4 is 11.7 Å². The molecule has 0 aliphatic carbocycles. The van der Waals surface area contributed by atoms with Crippen LogP contribution in [0.15, 0.2) is 24.3 Å². The quantitative estimate of drug-likeness (QED) is 0.529. The van der Waals surface area contributed by atoms with Gasteiger partial charge in [-0.3, -0.25) is 9.59 Å². The van der Waals surface area contributed by atoms with Crippen LogP contribution < -0.4 is 4.74 Å². The number of carbonyl (C=O) groups is 2. The summed E-state index contributed by atoms with van der Waals surface area (Å²) >= 11 is 0. The fourth-order valence-corrected chi connectivity index (χ4v) is 4.04. The number of hydrogen-bond donors (Lipinski definition) is 0. The van der Waals surface area contributed by atoms with Gasteiger partial charge in [-0.25, -0.2) is 0 Å². The van der Waals surface area contributed by atoms with Crippen molar-refractivity contribution in [2.45, 2.75) is 45.1 Å². The van der Waals surface area contributed by atoms with E-state index in [9.17, 15) is 9.59 Å². The molecule has 0 spiro atoms. The molecule has 0 aromatic heterocycles. The Hall–Kier alpha value is -1.88. The zero-order chi connectivity index (χ0) is 18.5. The normalized spacial score (nSPS) is 22.5. The third kappa shape index (κ3) is 4.44. The molecule has 0 unspecified atom stereocenters. The summed E-state index contributed by atoms with van der Waals surface area (Å²) in [5, 5.41) is 0. The Labute approximate surface area is 156 Å². The molecule has 5 nitrogen and oxygen atoms in total. The highest BCUT2D eigenvalue weighted by molar-refractivity contribution is 5.95. The van der Waals surface area contributed by atoms with Gasteiger partial charge in [-0.15, -0.1) is 0 Å². The van der Waals surface area contributed by atoms with Gasteiger partial charge in [-0.1, -0.05) is 6.92 Å². The van der Waals surface area contributed by atoms with E-state index < -0.39 is 0 Å². The lowest BCUT2D eigenvalue weighted by Gasteiger charge is -2.20. The predicted octanol–water partition coefficient (Wildman–Crippen LogP) is 2.99. The molecular formula is C21H30N2O3. The average Bonchev–Trinajstić information content (AvgIpc) is 3.23. The summed E-state index contributed by atoms with van der Waals surface area (Å²) in [5.41, 5.74) is 0.728. The van der Waals surface area contributed by atoms with Crippen LogP contribution in [0.4, 0.5) is 0 Å². The van der Waals surface area contributed by atoms with E-state index in [2.05, 4.69) is 16.8 Å². The zero-order valence-electron chi connectivity index (χ0n) is 15.9. The highest BCUT2D eigenvalue weighted by Gasteiger charge is 2.40. The number of rotatable bonds is 8. The molecule has 26 heavy (non-hydrogen) atoms. The van der Waals surface area contributed by atoms with Gasteiger partial charge < -0.3 is 14.5 Å². The van der Waals surface area contributed by atoms with Crippen molar-refractivity contribution < 1.29 is 14.3 Å². The van der Waals surface area contributed by atoms with Crippen molar-refractivity contribution in [1.29, 1.82) is 0 Å². The van der Waals surface area contributed by atoms with Crippen molar-refractivity contribution in [3.8, 4) is 5.75 Å².